The van der Waals surface area contributed by atoms with Crippen molar-refractivity contribution >= 4 is 21.4 Å². The average molecular weight is 290 g/mol. The molecular formula is C14H18N4OS. The van der Waals surface area contributed by atoms with E-state index in [1.165, 1.54) is 47.6 Å². The Morgan fingerprint density at radius 1 is 1.35 bits per heavy atom. The van der Waals surface area contributed by atoms with Crippen LogP contribution >= 0.6 is 11.3 Å². The standard InChI is InChI=1S/C14H18N4OS/c1-9-8-17(11-5-3-2-4-10(9)11)14-16-18-12(19)6-7-15-13(18)20-14/h6-7,9-11H,2-5,8H2,1H3. The van der Waals surface area contributed by atoms with Crippen LogP contribution in [-0.2, 0) is 0 Å². The molecule has 0 bridgehead atoms. The largest absolute Gasteiger partial charge is 0.343 e. The van der Waals surface area contributed by atoms with Crippen LogP contribution in [0, 0.1) is 11.8 Å². The molecule has 3 unspecified atom stereocenters. The summed E-state index contributed by atoms with van der Waals surface area (Å²) >= 11 is 1.53. The van der Waals surface area contributed by atoms with Crippen LogP contribution in [0.3, 0.4) is 0 Å². The van der Waals surface area contributed by atoms with Crippen LogP contribution in [0.25, 0.3) is 4.96 Å². The third-order valence-electron chi connectivity index (χ3n) is 4.80. The lowest BCUT2D eigenvalue weighted by Crippen LogP contribution is -2.34. The number of rotatable bonds is 1. The zero-order valence-corrected chi connectivity index (χ0v) is 12.3. The maximum Gasteiger partial charge on any atom is 0.275 e. The van der Waals surface area contributed by atoms with E-state index in [9.17, 15) is 4.79 Å². The summed E-state index contributed by atoms with van der Waals surface area (Å²) in [6.45, 7) is 3.41. The number of aromatic nitrogens is 3. The monoisotopic (exact) mass is 290 g/mol. The van der Waals surface area contributed by atoms with Gasteiger partial charge in [0, 0.05) is 24.8 Å². The first-order valence-corrected chi connectivity index (χ1v) is 8.17. The molecule has 2 aromatic heterocycles. The topological polar surface area (TPSA) is 50.5 Å². The normalized spacial score (nSPS) is 29.9. The van der Waals surface area contributed by atoms with Gasteiger partial charge < -0.3 is 4.90 Å². The van der Waals surface area contributed by atoms with Crippen molar-refractivity contribution in [3.63, 3.8) is 0 Å². The van der Waals surface area contributed by atoms with Crippen molar-refractivity contribution in [2.45, 2.75) is 38.6 Å². The number of hydrogen-bond acceptors (Lipinski definition) is 5. The van der Waals surface area contributed by atoms with Crippen molar-refractivity contribution in [3.8, 4) is 0 Å². The fraction of sp³-hybridized carbons (Fsp3) is 0.643. The molecule has 3 heterocycles. The molecule has 1 saturated carbocycles. The quantitative estimate of drug-likeness (QED) is 0.807. The summed E-state index contributed by atoms with van der Waals surface area (Å²) in [6, 6.07) is 2.07. The summed E-state index contributed by atoms with van der Waals surface area (Å²) in [7, 11) is 0. The van der Waals surface area contributed by atoms with Gasteiger partial charge in [0.05, 0.1) is 0 Å². The van der Waals surface area contributed by atoms with Crippen LogP contribution in [0.15, 0.2) is 17.1 Å². The van der Waals surface area contributed by atoms with Crippen LogP contribution in [-0.4, -0.2) is 27.2 Å². The molecule has 2 fully saturated rings. The third kappa shape index (κ3) is 1.78. The molecule has 6 heteroatoms. The fourth-order valence-corrected chi connectivity index (χ4v) is 4.79. The summed E-state index contributed by atoms with van der Waals surface area (Å²) < 4.78 is 1.43. The van der Waals surface area contributed by atoms with Crippen molar-refractivity contribution in [3.05, 3.63) is 22.6 Å². The molecule has 106 valence electrons. The highest BCUT2D eigenvalue weighted by atomic mass is 32.1. The Balaban J connectivity index is 1.75. The van der Waals surface area contributed by atoms with Gasteiger partial charge in [-0.3, -0.25) is 4.79 Å². The van der Waals surface area contributed by atoms with E-state index in [-0.39, 0.29) is 5.56 Å². The van der Waals surface area contributed by atoms with E-state index >= 15 is 0 Å². The van der Waals surface area contributed by atoms with Gasteiger partial charge in [-0.25, -0.2) is 4.98 Å². The fourth-order valence-electron chi connectivity index (χ4n) is 3.84. The predicted molar refractivity (Wildman–Crippen MR) is 79.4 cm³/mol. The molecule has 1 aliphatic heterocycles. The van der Waals surface area contributed by atoms with E-state index in [0.29, 0.717) is 11.0 Å². The SMILES string of the molecule is CC1CN(c2nn3c(=O)ccnc3s2)C2CCCCC12. The highest BCUT2D eigenvalue weighted by Crippen LogP contribution is 2.42. The minimum absolute atomic E-state index is 0.0926. The van der Waals surface area contributed by atoms with Gasteiger partial charge in [-0.05, 0) is 24.7 Å². The van der Waals surface area contributed by atoms with E-state index in [2.05, 4.69) is 21.9 Å². The Bertz CT molecular complexity index is 694. The molecule has 5 nitrogen and oxygen atoms in total. The molecule has 1 aliphatic carbocycles. The van der Waals surface area contributed by atoms with E-state index in [1.54, 1.807) is 6.20 Å². The lowest BCUT2D eigenvalue weighted by molar-refractivity contribution is 0.293. The maximum atomic E-state index is 11.8. The molecule has 4 rings (SSSR count). The first-order chi connectivity index (χ1) is 9.74. The lowest BCUT2D eigenvalue weighted by atomic mass is 9.80. The molecule has 2 aliphatic rings. The van der Waals surface area contributed by atoms with Crippen molar-refractivity contribution in [2.75, 3.05) is 11.4 Å². The van der Waals surface area contributed by atoms with E-state index in [0.717, 1.165) is 23.5 Å². The Kier molecular flexibility index (Phi) is 2.80. The predicted octanol–water partition coefficient (Wildman–Crippen LogP) is 2.17. The average Bonchev–Trinajstić information content (AvgIpc) is 3.02. The zero-order chi connectivity index (χ0) is 13.7. The van der Waals surface area contributed by atoms with Crippen LogP contribution in [0.2, 0.25) is 0 Å². The van der Waals surface area contributed by atoms with Gasteiger partial charge in [-0.15, -0.1) is 5.10 Å². The van der Waals surface area contributed by atoms with Crippen LogP contribution in [0.1, 0.15) is 32.6 Å². The highest BCUT2D eigenvalue weighted by Gasteiger charge is 2.41. The van der Waals surface area contributed by atoms with E-state index in [4.69, 9.17) is 0 Å². The van der Waals surface area contributed by atoms with Gasteiger partial charge in [0.2, 0.25) is 10.1 Å². The van der Waals surface area contributed by atoms with Crippen molar-refractivity contribution in [2.24, 2.45) is 11.8 Å². The summed E-state index contributed by atoms with van der Waals surface area (Å²) in [5, 5.41) is 5.47. The maximum absolute atomic E-state index is 11.8. The van der Waals surface area contributed by atoms with Crippen LogP contribution in [0.5, 0.6) is 0 Å². The summed E-state index contributed by atoms with van der Waals surface area (Å²) in [5.74, 6) is 1.51. The van der Waals surface area contributed by atoms with Gasteiger partial charge >= 0.3 is 0 Å². The molecule has 3 atom stereocenters. The highest BCUT2D eigenvalue weighted by molar-refractivity contribution is 7.20. The second-order valence-electron chi connectivity index (χ2n) is 6.01. The zero-order valence-electron chi connectivity index (χ0n) is 11.5. The second-order valence-corrected chi connectivity index (χ2v) is 6.94. The smallest absolute Gasteiger partial charge is 0.275 e. The summed E-state index contributed by atoms with van der Waals surface area (Å²) in [6.07, 6.45) is 6.84. The minimum Gasteiger partial charge on any atom is -0.343 e. The Hall–Kier alpha value is -1.43. The van der Waals surface area contributed by atoms with Gasteiger partial charge in [-0.1, -0.05) is 31.1 Å². The van der Waals surface area contributed by atoms with Gasteiger partial charge in [-0.2, -0.15) is 4.52 Å². The molecule has 0 spiro atoms. The lowest BCUT2D eigenvalue weighted by Gasteiger charge is -2.31. The molecule has 0 radical (unpaired) electrons. The third-order valence-corrected chi connectivity index (χ3v) is 5.76. The molecule has 20 heavy (non-hydrogen) atoms. The number of fused-ring (bicyclic) bond motifs is 2. The number of anilines is 1. The second kappa shape index (κ2) is 4.55. The minimum atomic E-state index is -0.0926. The van der Waals surface area contributed by atoms with E-state index < -0.39 is 0 Å². The molecule has 0 amide bonds. The number of nitrogens with zero attached hydrogens (tertiary/aromatic N) is 4. The van der Waals surface area contributed by atoms with Crippen molar-refractivity contribution < 1.29 is 0 Å². The van der Waals surface area contributed by atoms with E-state index in [1.807, 2.05) is 0 Å². The Morgan fingerprint density at radius 2 is 2.20 bits per heavy atom. The molecule has 1 saturated heterocycles. The first-order valence-electron chi connectivity index (χ1n) is 7.35. The van der Waals surface area contributed by atoms with Crippen molar-refractivity contribution in [1.29, 1.82) is 0 Å². The van der Waals surface area contributed by atoms with Gasteiger partial charge in [0.1, 0.15) is 0 Å². The van der Waals surface area contributed by atoms with Gasteiger partial charge in [0.25, 0.3) is 5.56 Å². The molecule has 0 aromatic carbocycles. The molecular weight excluding hydrogens is 272 g/mol. The first kappa shape index (κ1) is 12.3. The van der Waals surface area contributed by atoms with Gasteiger partial charge in [0.15, 0.2) is 0 Å². The van der Waals surface area contributed by atoms with Crippen LogP contribution in [0.4, 0.5) is 5.13 Å². The van der Waals surface area contributed by atoms with Crippen molar-refractivity contribution in [1.82, 2.24) is 14.6 Å². The number of hydrogen-bond donors (Lipinski definition) is 0. The van der Waals surface area contributed by atoms with Crippen LogP contribution < -0.4 is 10.5 Å². The Morgan fingerprint density at radius 3 is 3.05 bits per heavy atom. The molecule has 0 N–H and O–H groups in total. The summed E-state index contributed by atoms with van der Waals surface area (Å²) in [5.41, 5.74) is -0.0926. The Labute approximate surface area is 121 Å². The summed E-state index contributed by atoms with van der Waals surface area (Å²) in [4.78, 5) is 19.2. The molecule has 2 aromatic rings.